The van der Waals surface area contributed by atoms with Crippen molar-refractivity contribution >= 4 is 38.6 Å². The first-order valence-electron chi connectivity index (χ1n) is 10.3. The Morgan fingerprint density at radius 2 is 2.03 bits per heavy atom. The number of ketones is 1. The van der Waals surface area contributed by atoms with Crippen LogP contribution in [0.1, 0.15) is 37.3 Å². The molecule has 0 aliphatic heterocycles. The second-order valence-corrected chi connectivity index (χ2v) is 8.99. The highest BCUT2D eigenvalue weighted by Crippen LogP contribution is 2.46. The standard InChI is InChI=1S/C23H20N2O5S/c1-2-12-5-7-16(11-17(12)20-21(26)13-3-4-14(9-13)22(20)27)30-23-24-18-8-6-15(25(28)29)10-19(18)31-23/h5-8,10-11,13-14,26H,2-4,9H2,1H3/t13-,14+/m0/s1. The molecule has 8 heteroatoms. The molecular formula is C23H20N2O5S. The maximum Gasteiger partial charge on any atom is 0.279 e. The Hall–Kier alpha value is -3.26. The number of ether oxygens (including phenoxy) is 1. The lowest BCUT2D eigenvalue weighted by molar-refractivity contribution is -0.384. The molecule has 1 N–H and O–H groups in total. The average Bonchev–Trinajstić information content (AvgIpc) is 3.37. The number of nitrogens with zero attached hydrogens (tertiary/aromatic N) is 2. The van der Waals surface area contributed by atoms with Gasteiger partial charge in [0.2, 0.25) is 0 Å². The number of allylic oxidation sites excluding steroid dienone is 2. The number of nitro benzene ring substituents is 1. The number of benzene rings is 2. The lowest BCUT2D eigenvalue weighted by Crippen LogP contribution is -2.21. The largest absolute Gasteiger partial charge is 0.511 e. The van der Waals surface area contributed by atoms with Gasteiger partial charge in [0.15, 0.2) is 5.78 Å². The number of hydrogen-bond acceptors (Lipinski definition) is 7. The number of rotatable bonds is 5. The number of non-ortho nitro benzene ring substituents is 1. The number of thiazole rings is 1. The van der Waals surface area contributed by atoms with Crippen LogP contribution in [0.2, 0.25) is 0 Å². The van der Waals surface area contributed by atoms with Crippen LogP contribution in [0.5, 0.6) is 10.9 Å². The predicted octanol–water partition coefficient (Wildman–Crippen LogP) is 5.83. The number of carbonyl (C=O) groups is 1. The molecule has 158 valence electrons. The Labute approximate surface area is 182 Å². The summed E-state index contributed by atoms with van der Waals surface area (Å²) in [4.78, 5) is 28.0. The SMILES string of the molecule is CCc1ccc(Oc2nc3ccc([N+](=O)[O-])cc3s2)cc1C1=C(O)[C@H]2CC[C@H](C2)C1=O. The normalized spacial score (nSPS) is 20.5. The van der Waals surface area contributed by atoms with E-state index in [0.29, 0.717) is 26.7 Å². The van der Waals surface area contributed by atoms with E-state index >= 15 is 0 Å². The van der Waals surface area contributed by atoms with Crippen LogP contribution < -0.4 is 4.74 Å². The van der Waals surface area contributed by atoms with Crippen molar-refractivity contribution in [2.45, 2.75) is 32.6 Å². The first-order valence-corrected chi connectivity index (χ1v) is 11.1. The van der Waals surface area contributed by atoms with Crippen LogP contribution in [0.3, 0.4) is 0 Å². The fourth-order valence-electron chi connectivity index (χ4n) is 4.58. The first kappa shape index (κ1) is 19.7. The van der Waals surface area contributed by atoms with Gasteiger partial charge in [-0.3, -0.25) is 14.9 Å². The maximum atomic E-state index is 13.0. The zero-order valence-corrected chi connectivity index (χ0v) is 17.6. The number of hydrogen-bond donors (Lipinski definition) is 1. The van der Waals surface area contributed by atoms with Crippen LogP contribution in [0.4, 0.5) is 5.69 Å². The first-order chi connectivity index (χ1) is 14.9. The summed E-state index contributed by atoms with van der Waals surface area (Å²) in [6, 6.07) is 10.0. The summed E-state index contributed by atoms with van der Waals surface area (Å²) in [5.74, 6) is 0.785. The van der Waals surface area contributed by atoms with Crippen molar-refractivity contribution in [3.8, 4) is 10.9 Å². The molecule has 0 saturated heterocycles. The van der Waals surface area contributed by atoms with E-state index < -0.39 is 4.92 Å². The molecule has 0 amide bonds. The summed E-state index contributed by atoms with van der Waals surface area (Å²) in [5.41, 5.74) is 2.75. The highest BCUT2D eigenvalue weighted by Gasteiger charge is 2.41. The topological polar surface area (TPSA) is 103 Å². The smallest absolute Gasteiger partial charge is 0.279 e. The lowest BCUT2D eigenvalue weighted by atomic mass is 9.81. The Balaban J connectivity index is 1.52. The maximum absolute atomic E-state index is 13.0. The third-order valence-corrected chi connectivity index (χ3v) is 7.09. The molecule has 5 rings (SSSR count). The Morgan fingerprint density at radius 3 is 2.81 bits per heavy atom. The summed E-state index contributed by atoms with van der Waals surface area (Å²) < 4.78 is 6.62. The summed E-state index contributed by atoms with van der Waals surface area (Å²) in [7, 11) is 0. The van der Waals surface area contributed by atoms with Crippen molar-refractivity contribution in [3.05, 3.63) is 63.4 Å². The molecule has 2 aromatic carbocycles. The number of aliphatic hydroxyl groups is 1. The van der Waals surface area contributed by atoms with Crippen LogP contribution >= 0.6 is 11.3 Å². The third-order valence-electron chi connectivity index (χ3n) is 6.19. The van der Waals surface area contributed by atoms with E-state index in [1.54, 1.807) is 12.1 Å². The number of fused-ring (bicyclic) bond motifs is 3. The molecule has 0 unspecified atom stereocenters. The highest BCUT2D eigenvalue weighted by atomic mass is 32.1. The van der Waals surface area contributed by atoms with Crippen molar-refractivity contribution in [2.24, 2.45) is 11.8 Å². The van der Waals surface area contributed by atoms with Gasteiger partial charge in [0.25, 0.3) is 10.9 Å². The molecule has 1 heterocycles. The molecule has 1 fully saturated rings. The van der Waals surface area contributed by atoms with Crippen molar-refractivity contribution in [2.75, 3.05) is 0 Å². The van der Waals surface area contributed by atoms with Crippen molar-refractivity contribution in [1.29, 1.82) is 0 Å². The van der Waals surface area contributed by atoms with E-state index in [2.05, 4.69) is 4.98 Å². The van der Waals surface area contributed by atoms with Gasteiger partial charge < -0.3 is 9.84 Å². The molecule has 31 heavy (non-hydrogen) atoms. The van der Waals surface area contributed by atoms with Gasteiger partial charge in [0, 0.05) is 24.0 Å². The molecule has 0 radical (unpaired) electrons. The van der Waals surface area contributed by atoms with Gasteiger partial charge in [-0.15, -0.1) is 0 Å². The predicted molar refractivity (Wildman–Crippen MR) is 118 cm³/mol. The van der Waals surface area contributed by atoms with Crippen molar-refractivity contribution in [3.63, 3.8) is 0 Å². The molecule has 1 aromatic heterocycles. The molecule has 2 bridgehead atoms. The summed E-state index contributed by atoms with van der Waals surface area (Å²) >= 11 is 1.22. The number of aliphatic hydroxyl groups excluding tert-OH is 1. The van der Waals surface area contributed by atoms with Crippen LogP contribution in [0, 0.1) is 22.0 Å². The van der Waals surface area contributed by atoms with Crippen molar-refractivity contribution in [1.82, 2.24) is 4.98 Å². The van der Waals surface area contributed by atoms with E-state index in [1.807, 2.05) is 19.1 Å². The minimum atomic E-state index is -0.441. The Bertz CT molecular complexity index is 1260. The van der Waals surface area contributed by atoms with E-state index in [4.69, 9.17) is 4.74 Å². The van der Waals surface area contributed by atoms with Gasteiger partial charge >= 0.3 is 0 Å². The molecule has 2 atom stereocenters. The van der Waals surface area contributed by atoms with Gasteiger partial charge in [-0.2, -0.15) is 0 Å². The summed E-state index contributed by atoms with van der Waals surface area (Å²) in [5, 5.41) is 22.2. The number of Topliss-reactive ketones (excluding diaryl/α,β-unsaturated/α-hetero) is 1. The molecule has 7 nitrogen and oxygen atoms in total. The monoisotopic (exact) mass is 436 g/mol. The van der Waals surface area contributed by atoms with E-state index in [1.165, 1.54) is 23.5 Å². The lowest BCUT2D eigenvalue weighted by Gasteiger charge is -2.23. The van der Waals surface area contributed by atoms with Crippen LogP contribution in [0.15, 0.2) is 42.2 Å². The van der Waals surface area contributed by atoms with Crippen LogP contribution in [-0.2, 0) is 11.2 Å². The zero-order valence-electron chi connectivity index (χ0n) is 16.8. The molecule has 2 aliphatic rings. The number of nitro groups is 1. The number of aromatic nitrogens is 1. The van der Waals surface area contributed by atoms with E-state index in [9.17, 15) is 20.0 Å². The Kier molecular flexibility index (Phi) is 4.74. The van der Waals surface area contributed by atoms with Crippen LogP contribution in [-0.4, -0.2) is 20.8 Å². The molecule has 3 aromatic rings. The molecular weight excluding hydrogens is 416 g/mol. The van der Waals surface area contributed by atoms with Gasteiger partial charge in [-0.25, -0.2) is 4.98 Å². The third kappa shape index (κ3) is 3.37. The minimum Gasteiger partial charge on any atom is -0.511 e. The number of aryl methyl sites for hydroxylation is 1. The fraction of sp³-hybridized carbons (Fsp3) is 0.304. The van der Waals surface area contributed by atoms with Crippen molar-refractivity contribution < 1.29 is 19.6 Å². The Morgan fingerprint density at radius 1 is 1.23 bits per heavy atom. The average molecular weight is 436 g/mol. The fourth-order valence-corrected chi connectivity index (χ4v) is 5.45. The molecule has 2 aliphatic carbocycles. The zero-order chi connectivity index (χ0) is 21.7. The van der Waals surface area contributed by atoms with E-state index in [-0.39, 0.29) is 29.1 Å². The van der Waals surface area contributed by atoms with Gasteiger partial charge in [-0.1, -0.05) is 24.3 Å². The van der Waals surface area contributed by atoms with Crippen LogP contribution in [0.25, 0.3) is 15.8 Å². The second kappa shape index (κ2) is 7.46. The van der Waals surface area contributed by atoms with Gasteiger partial charge in [0.05, 0.1) is 20.7 Å². The van der Waals surface area contributed by atoms with E-state index in [0.717, 1.165) is 36.8 Å². The molecule has 1 saturated carbocycles. The highest BCUT2D eigenvalue weighted by molar-refractivity contribution is 7.20. The second-order valence-electron chi connectivity index (χ2n) is 7.99. The van der Waals surface area contributed by atoms with Gasteiger partial charge in [-0.05, 0) is 55.0 Å². The summed E-state index contributed by atoms with van der Waals surface area (Å²) in [6.07, 6.45) is 3.14. The quantitative estimate of drug-likeness (QED) is 0.399. The number of carbonyl (C=O) groups excluding carboxylic acids is 1. The summed E-state index contributed by atoms with van der Waals surface area (Å²) in [6.45, 7) is 2.01. The molecule has 0 spiro atoms. The minimum absolute atomic E-state index is 0.00476. The van der Waals surface area contributed by atoms with Gasteiger partial charge in [0.1, 0.15) is 11.5 Å².